The molecule has 0 saturated carbocycles. The minimum absolute atomic E-state index is 0.0858. The fourth-order valence-electron chi connectivity index (χ4n) is 2.77. The number of methoxy groups -OCH3 is 2. The maximum absolute atomic E-state index is 12.1. The zero-order chi connectivity index (χ0) is 16.7. The van der Waals surface area contributed by atoms with E-state index in [1.165, 1.54) is 0 Å². The van der Waals surface area contributed by atoms with Crippen molar-refractivity contribution in [3.63, 3.8) is 0 Å². The number of nitrogens with two attached hydrogens (primary N) is 1. The van der Waals surface area contributed by atoms with Crippen LogP contribution in [0.5, 0.6) is 11.5 Å². The molecule has 1 unspecified atom stereocenters. The lowest BCUT2D eigenvalue weighted by Gasteiger charge is -2.26. The maximum atomic E-state index is 12.1. The molecule has 3 N–H and O–H groups in total. The van der Waals surface area contributed by atoms with Crippen LogP contribution in [0.15, 0.2) is 18.2 Å². The van der Waals surface area contributed by atoms with Crippen molar-refractivity contribution in [2.24, 2.45) is 11.7 Å². The summed E-state index contributed by atoms with van der Waals surface area (Å²) in [7, 11) is 3.21. The topological polar surface area (TPSA) is 82.8 Å². The van der Waals surface area contributed by atoms with Gasteiger partial charge in [-0.25, -0.2) is 0 Å². The normalized spacial score (nSPS) is 16.7. The van der Waals surface area contributed by atoms with Gasteiger partial charge in [0.25, 0.3) is 0 Å². The predicted molar refractivity (Wildman–Crippen MR) is 87.8 cm³/mol. The van der Waals surface area contributed by atoms with E-state index in [2.05, 4.69) is 5.32 Å². The SMILES string of the molecule is COc1ccc(CCNC(=O)C(N)C2CCOCC2)cc1OC. The molecule has 0 aromatic heterocycles. The van der Waals surface area contributed by atoms with Crippen molar-refractivity contribution in [3.8, 4) is 11.5 Å². The summed E-state index contributed by atoms with van der Waals surface area (Å²) in [5, 5.41) is 2.92. The summed E-state index contributed by atoms with van der Waals surface area (Å²) in [4.78, 5) is 12.1. The first kappa shape index (κ1) is 17.6. The lowest BCUT2D eigenvalue weighted by molar-refractivity contribution is -0.124. The minimum Gasteiger partial charge on any atom is -0.493 e. The molecule has 0 aliphatic carbocycles. The van der Waals surface area contributed by atoms with E-state index in [0.717, 1.165) is 18.4 Å². The third kappa shape index (κ3) is 4.84. The first-order valence-corrected chi connectivity index (χ1v) is 7.97. The highest BCUT2D eigenvalue weighted by Crippen LogP contribution is 2.27. The van der Waals surface area contributed by atoms with Gasteiger partial charge in [0.2, 0.25) is 5.91 Å². The molecule has 1 aromatic carbocycles. The highest BCUT2D eigenvalue weighted by Gasteiger charge is 2.26. The molecule has 0 spiro atoms. The van der Waals surface area contributed by atoms with Crippen molar-refractivity contribution in [2.75, 3.05) is 34.0 Å². The Hall–Kier alpha value is -1.79. The van der Waals surface area contributed by atoms with Gasteiger partial charge in [-0.05, 0) is 42.9 Å². The lowest BCUT2D eigenvalue weighted by atomic mass is 9.92. The molecule has 1 amide bonds. The molecule has 1 aromatic rings. The molecule has 6 nitrogen and oxygen atoms in total. The van der Waals surface area contributed by atoms with E-state index in [1.54, 1.807) is 14.2 Å². The third-order valence-electron chi connectivity index (χ3n) is 4.24. The summed E-state index contributed by atoms with van der Waals surface area (Å²) in [5.74, 6) is 1.51. The Morgan fingerprint density at radius 3 is 2.65 bits per heavy atom. The van der Waals surface area contributed by atoms with Gasteiger partial charge in [-0.3, -0.25) is 4.79 Å². The molecule has 0 radical (unpaired) electrons. The summed E-state index contributed by atoms with van der Waals surface area (Å²) in [6, 6.07) is 5.29. The van der Waals surface area contributed by atoms with Gasteiger partial charge in [0, 0.05) is 19.8 Å². The fraction of sp³-hybridized carbons (Fsp3) is 0.588. The van der Waals surface area contributed by atoms with Gasteiger partial charge in [0.15, 0.2) is 11.5 Å². The molecule has 1 saturated heterocycles. The number of hydrogen-bond acceptors (Lipinski definition) is 5. The predicted octanol–water partition coefficient (Wildman–Crippen LogP) is 1.12. The van der Waals surface area contributed by atoms with Gasteiger partial charge in [-0.2, -0.15) is 0 Å². The number of rotatable bonds is 7. The van der Waals surface area contributed by atoms with Crippen LogP contribution in [-0.4, -0.2) is 45.9 Å². The van der Waals surface area contributed by atoms with Crippen LogP contribution in [0.25, 0.3) is 0 Å². The summed E-state index contributed by atoms with van der Waals surface area (Å²) in [6.45, 7) is 1.93. The zero-order valence-electron chi connectivity index (χ0n) is 13.8. The van der Waals surface area contributed by atoms with Crippen LogP contribution in [0.1, 0.15) is 18.4 Å². The van der Waals surface area contributed by atoms with Crippen LogP contribution in [0.2, 0.25) is 0 Å². The van der Waals surface area contributed by atoms with Crippen molar-refractivity contribution in [3.05, 3.63) is 23.8 Å². The maximum Gasteiger partial charge on any atom is 0.237 e. The van der Waals surface area contributed by atoms with Gasteiger partial charge in [0.1, 0.15) is 0 Å². The molecule has 0 bridgehead atoms. The zero-order valence-corrected chi connectivity index (χ0v) is 13.8. The molecular weight excluding hydrogens is 296 g/mol. The van der Waals surface area contributed by atoms with Crippen LogP contribution in [-0.2, 0) is 16.0 Å². The van der Waals surface area contributed by atoms with Crippen LogP contribution < -0.4 is 20.5 Å². The fourth-order valence-corrected chi connectivity index (χ4v) is 2.77. The molecule has 6 heteroatoms. The average Bonchev–Trinajstić information content (AvgIpc) is 2.61. The molecular formula is C17H26N2O4. The Balaban J connectivity index is 1.80. The van der Waals surface area contributed by atoms with Gasteiger partial charge in [-0.1, -0.05) is 6.07 Å². The molecule has 1 aliphatic rings. The van der Waals surface area contributed by atoms with Crippen molar-refractivity contribution in [1.82, 2.24) is 5.32 Å². The lowest BCUT2D eigenvalue weighted by Crippen LogP contribution is -2.47. The molecule has 2 rings (SSSR count). The van der Waals surface area contributed by atoms with E-state index in [-0.39, 0.29) is 11.8 Å². The van der Waals surface area contributed by atoms with E-state index in [4.69, 9.17) is 19.9 Å². The number of carbonyl (C=O) groups is 1. The van der Waals surface area contributed by atoms with Gasteiger partial charge >= 0.3 is 0 Å². The summed E-state index contributed by atoms with van der Waals surface area (Å²) >= 11 is 0. The summed E-state index contributed by atoms with van der Waals surface area (Å²) in [5.41, 5.74) is 7.12. The second-order valence-corrected chi connectivity index (χ2v) is 5.71. The Bertz CT molecular complexity index is 515. The second-order valence-electron chi connectivity index (χ2n) is 5.71. The van der Waals surface area contributed by atoms with E-state index >= 15 is 0 Å². The monoisotopic (exact) mass is 322 g/mol. The standard InChI is InChI=1S/C17H26N2O4/c1-21-14-4-3-12(11-15(14)22-2)5-8-19-17(20)16(18)13-6-9-23-10-7-13/h3-4,11,13,16H,5-10,18H2,1-2H3,(H,19,20). The Morgan fingerprint density at radius 2 is 2.00 bits per heavy atom. The molecule has 1 atom stereocenters. The van der Waals surface area contributed by atoms with Crippen LogP contribution in [0, 0.1) is 5.92 Å². The van der Waals surface area contributed by atoms with Crippen molar-refractivity contribution >= 4 is 5.91 Å². The van der Waals surface area contributed by atoms with E-state index in [1.807, 2.05) is 18.2 Å². The van der Waals surface area contributed by atoms with Gasteiger partial charge < -0.3 is 25.3 Å². The number of nitrogens with one attached hydrogen (secondary N) is 1. The third-order valence-corrected chi connectivity index (χ3v) is 4.24. The van der Waals surface area contributed by atoms with Gasteiger partial charge in [0.05, 0.1) is 20.3 Å². The number of ether oxygens (including phenoxy) is 3. The number of benzene rings is 1. The van der Waals surface area contributed by atoms with Crippen molar-refractivity contribution in [2.45, 2.75) is 25.3 Å². The Kier molecular flexibility index (Phi) is 6.67. The number of hydrogen-bond donors (Lipinski definition) is 2. The number of carbonyl (C=O) groups excluding carboxylic acids is 1. The molecule has 23 heavy (non-hydrogen) atoms. The van der Waals surface area contributed by atoms with E-state index in [9.17, 15) is 4.79 Å². The van der Waals surface area contributed by atoms with Crippen LogP contribution >= 0.6 is 0 Å². The average molecular weight is 322 g/mol. The number of amides is 1. The first-order valence-electron chi connectivity index (χ1n) is 7.97. The minimum atomic E-state index is -0.454. The molecule has 1 heterocycles. The highest BCUT2D eigenvalue weighted by atomic mass is 16.5. The van der Waals surface area contributed by atoms with Crippen molar-refractivity contribution in [1.29, 1.82) is 0 Å². The Labute approximate surface area is 137 Å². The molecule has 1 aliphatic heterocycles. The molecule has 128 valence electrons. The largest absolute Gasteiger partial charge is 0.493 e. The van der Waals surface area contributed by atoms with Crippen LogP contribution in [0.3, 0.4) is 0 Å². The van der Waals surface area contributed by atoms with E-state index in [0.29, 0.717) is 37.7 Å². The van der Waals surface area contributed by atoms with Crippen molar-refractivity contribution < 1.29 is 19.0 Å². The van der Waals surface area contributed by atoms with E-state index < -0.39 is 6.04 Å². The highest BCUT2D eigenvalue weighted by molar-refractivity contribution is 5.81. The molecule has 1 fully saturated rings. The Morgan fingerprint density at radius 1 is 1.30 bits per heavy atom. The quantitative estimate of drug-likeness (QED) is 0.786. The second kappa shape index (κ2) is 8.74. The smallest absolute Gasteiger partial charge is 0.237 e. The van der Waals surface area contributed by atoms with Gasteiger partial charge in [-0.15, -0.1) is 0 Å². The first-order chi connectivity index (χ1) is 11.2. The van der Waals surface area contributed by atoms with Crippen LogP contribution in [0.4, 0.5) is 0 Å². The summed E-state index contributed by atoms with van der Waals surface area (Å²) in [6.07, 6.45) is 2.42. The summed E-state index contributed by atoms with van der Waals surface area (Å²) < 4.78 is 15.8.